The Morgan fingerprint density at radius 3 is 2.65 bits per heavy atom. The standard InChI is InChI=1S/C19H21NO5S/c1-20(12-16-5-4-10-26-16)18(21)13-25-19(22)9-6-14-11-15(23-2)7-8-17(14)24-3/h4-11H,12-13H2,1-3H3/b9-6+. The summed E-state index contributed by atoms with van der Waals surface area (Å²) in [6.45, 7) is 0.186. The molecule has 0 N–H and O–H groups in total. The number of hydrogen-bond acceptors (Lipinski definition) is 6. The number of methoxy groups -OCH3 is 2. The first kappa shape index (κ1) is 19.5. The molecule has 0 fully saturated rings. The van der Waals surface area contributed by atoms with Gasteiger partial charge in [-0.15, -0.1) is 11.3 Å². The third-order valence-electron chi connectivity index (χ3n) is 3.57. The number of hydrogen-bond donors (Lipinski definition) is 0. The van der Waals surface area contributed by atoms with E-state index in [9.17, 15) is 9.59 Å². The Kier molecular flexibility index (Phi) is 7.23. The Balaban J connectivity index is 1.88. The molecular weight excluding hydrogens is 354 g/mol. The lowest BCUT2D eigenvalue weighted by atomic mass is 10.1. The average Bonchev–Trinajstić information content (AvgIpc) is 3.16. The highest BCUT2D eigenvalue weighted by molar-refractivity contribution is 7.09. The monoisotopic (exact) mass is 375 g/mol. The summed E-state index contributed by atoms with van der Waals surface area (Å²) in [5, 5.41) is 1.95. The van der Waals surface area contributed by atoms with E-state index in [1.807, 2.05) is 17.5 Å². The normalized spacial score (nSPS) is 10.6. The van der Waals surface area contributed by atoms with Gasteiger partial charge in [0, 0.05) is 23.6 Å². The van der Waals surface area contributed by atoms with Crippen molar-refractivity contribution in [3.8, 4) is 11.5 Å². The van der Waals surface area contributed by atoms with E-state index in [4.69, 9.17) is 14.2 Å². The summed E-state index contributed by atoms with van der Waals surface area (Å²) in [6.07, 6.45) is 2.81. The van der Waals surface area contributed by atoms with Crippen molar-refractivity contribution in [2.75, 3.05) is 27.9 Å². The fourth-order valence-corrected chi connectivity index (χ4v) is 2.90. The van der Waals surface area contributed by atoms with Crippen LogP contribution in [0.2, 0.25) is 0 Å². The fourth-order valence-electron chi connectivity index (χ4n) is 2.14. The van der Waals surface area contributed by atoms with Gasteiger partial charge in [0.25, 0.3) is 5.91 Å². The number of nitrogens with zero attached hydrogens (tertiary/aromatic N) is 1. The third kappa shape index (κ3) is 5.63. The van der Waals surface area contributed by atoms with E-state index in [2.05, 4.69) is 0 Å². The van der Waals surface area contributed by atoms with Crippen LogP contribution in [-0.4, -0.2) is 44.7 Å². The van der Waals surface area contributed by atoms with Crippen LogP contribution in [0.3, 0.4) is 0 Å². The van der Waals surface area contributed by atoms with E-state index in [0.29, 0.717) is 23.6 Å². The molecule has 1 heterocycles. The van der Waals surface area contributed by atoms with Gasteiger partial charge in [-0.25, -0.2) is 4.79 Å². The predicted octanol–water partition coefficient (Wildman–Crippen LogP) is 2.98. The molecule has 0 aliphatic heterocycles. The van der Waals surface area contributed by atoms with E-state index in [0.717, 1.165) is 4.88 Å². The summed E-state index contributed by atoms with van der Waals surface area (Å²) in [7, 11) is 4.77. The van der Waals surface area contributed by atoms with Crippen LogP contribution in [0.15, 0.2) is 41.8 Å². The lowest BCUT2D eigenvalue weighted by Gasteiger charge is -2.15. The van der Waals surface area contributed by atoms with Gasteiger partial charge in [0.05, 0.1) is 20.8 Å². The SMILES string of the molecule is COc1ccc(OC)c(/C=C/C(=O)OCC(=O)N(C)Cc2cccs2)c1. The maximum absolute atomic E-state index is 12.0. The van der Waals surface area contributed by atoms with Crippen molar-refractivity contribution in [3.05, 3.63) is 52.2 Å². The molecule has 6 nitrogen and oxygen atoms in total. The van der Waals surface area contributed by atoms with Crippen LogP contribution >= 0.6 is 11.3 Å². The minimum Gasteiger partial charge on any atom is -0.497 e. The lowest BCUT2D eigenvalue weighted by molar-refractivity contribution is -0.147. The molecule has 1 amide bonds. The maximum Gasteiger partial charge on any atom is 0.331 e. The highest BCUT2D eigenvalue weighted by atomic mass is 32.1. The van der Waals surface area contributed by atoms with Crippen LogP contribution in [-0.2, 0) is 20.9 Å². The Bertz CT molecular complexity index is 770. The quantitative estimate of drug-likeness (QED) is 0.524. The van der Waals surface area contributed by atoms with Crippen molar-refractivity contribution in [1.29, 1.82) is 0 Å². The number of carbonyl (C=O) groups is 2. The molecule has 0 aliphatic carbocycles. The molecule has 0 spiro atoms. The topological polar surface area (TPSA) is 65.1 Å². The molecule has 0 unspecified atom stereocenters. The molecule has 0 saturated heterocycles. The lowest BCUT2D eigenvalue weighted by Crippen LogP contribution is -2.30. The fraction of sp³-hybridized carbons (Fsp3) is 0.263. The van der Waals surface area contributed by atoms with E-state index in [1.54, 1.807) is 56.9 Å². The number of likely N-dealkylation sites (N-methyl/N-ethyl adjacent to an activating group) is 1. The summed E-state index contributed by atoms with van der Waals surface area (Å²) >= 11 is 1.57. The first-order chi connectivity index (χ1) is 12.5. The highest BCUT2D eigenvalue weighted by Gasteiger charge is 2.12. The number of thiophene rings is 1. The second kappa shape index (κ2) is 9.62. The van der Waals surface area contributed by atoms with Crippen LogP contribution in [0.25, 0.3) is 6.08 Å². The predicted molar refractivity (Wildman–Crippen MR) is 100 cm³/mol. The molecule has 26 heavy (non-hydrogen) atoms. The highest BCUT2D eigenvalue weighted by Crippen LogP contribution is 2.25. The summed E-state index contributed by atoms with van der Waals surface area (Å²) in [4.78, 5) is 26.5. The second-order valence-electron chi connectivity index (χ2n) is 5.38. The van der Waals surface area contributed by atoms with Crippen molar-refractivity contribution in [2.24, 2.45) is 0 Å². The van der Waals surface area contributed by atoms with Crippen molar-refractivity contribution in [2.45, 2.75) is 6.54 Å². The molecule has 1 aromatic carbocycles. The van der Waals surface area contributed by atoms with Crippen LogP contribution in [0.1, 0.15) is 10.4 Å². The molecule has 0 bridgehead atoms. The molecule has 2 aromatic rings. The average molecular weight is 375 g/mol. The Morgan fingerprint density at radius 2 is 2.00 bits per heavy atom. The van der Waals surface area contributed by atoms with Crippen LogP contribution in [0.5, 0.6) is 11.5 Å². The minimum absolute atomic E-state index is 0.265. The Hall–Kier alpha value is -2.80. The number of carbonyl (C=O) groups excluding carboxylic acids is 2. The van der Waals surface area contributed by atoms with Gasteiger partial charge in [-0.2, -0.15) is 0 Å². The number of rotatable bonds is 8. The van der Waals surface area contributed by atoms with Crippen molar-refractivity contribution >= 4 is 29.3 Å². The summed E-state index contributed by atoms with van der Waals surface area (Å²) in [5.41, 5.74) is 0.671. The molecule has 0 aliphatic rings. The summed E-state index contributed by atoms with van der Waals surface area (Å²) in [5.74, 6) is 0.373. The van der Waals surface area contributed by atoms with Crippen LogP contribution < -0.4 is 9.47 Å². The van der Waals surface area contributed by atoms with E-state index >= 15 is 0 Å². The second-order valence-corrected chi connectivity index (χ2v) is 6.41. The molecule has 7 heteroatoms. The van der Waals surface area contributed by atoms with E-state index in [-0.39, 0.29) is 12.5 Å². The van der Waals surface area contributed by atoms with Gasteiger partial charge in [0.15, 0.2) is 6.61 Å². The van der Waals surface area contributed by atoms with Gasteiger partial charge in [0.1, 0.15) is 11.5 Å². The van der Waals surface area contributed by atoms with Gasteiger partial charge >= 0.3 is 5.97 Å². The van der Waals surface area contributed by atoms with Crippen molar-refractivity contribution in [3.63, 3.8) is 0 Å². The van der Waals surface area contributed by atoms with Gasteiger partial charge in [-0.3, -0.25) is 4.79 Å². The van der Waals surface area contributed by atoms with E-state index in [1.165, 1.54) is 11.0 Å². The third-order valence-corrected chi connectivity index (χ3v) is 4.43. The Morgan fingerprint density at radius 1 is 1.19 bits per heavy atom. The molecule has 0 atom stereocenters. The minimum atomic E-state index is -0.604. The molecule has 0 saturated carbocycles. The summed E-state index contributed by atoms with van der Waals surface area (Å²) in [6, 6.07) is 9.12. The van der Waals surface area contributed by atoms with Crippen LogP contribution in [0.4, 0.5) is 0 Å². The molecular formula is C19H21NO5S. The zero-order valence-corrected chi connectivity index (χ0v) is 15.7. The smallest absolute Gasteiger partial charge is 0.331 e. The zero-order valence-electron chi connectivity index (χ0n) is 14.9. The summed E-state index contributed by atoms with van der Waals surface area (Å²) < 4.78 is 15.4. The van der Waals surface area contributed by atoms with Crippen LogP contribution in [0, 0.1) is 0 Å². The number of benzene rings is 1. The number of esters is 1. The molecule has 1 aromatic heterocycles. The number of ether oxygens (including phenoxy) is 3. The molecule has 138 valence electrons. The van der Waals surface area contributed by atoms with Gasteiger partial charge in [0.2, 0.25) is 0 Å². The maximum atomic E-state index is 12.0. The zero-order chi connectivity index (χ0) is 18.9. The first-order valence-electron chi connectivity index (χ1n) is 7.86. The van der Waals surface area contributed by atoms with E-state index < -0.39 is 5.97 Å². The largest absolute Gasteiger partial charge is 0.497 e. The number of amides is 1. The first-order valence-corrected chi connectivity index (χ1v) is 8.74. The molecule has 2 rings (SSSR count). The molecule has 0 radical (unpaired) electrons. The van der Waals surface area contributed by atoms with Crippen molar-refractivity contribution in [1.82, 2.24) is 4.90 Å². The van der Waals surface area contributed by atoms with Gasteiger partial charge < -0.3 is 19.1 Å². The van der Waals surface area contributed by atoms with Crippen molar-refractivity contribution < 1.29 is 23.8 Å². The van der Waals surface area contributed by atoms with Gasteiger partial charge in [-0.1, -0.05) is 6.07 Å². The van der Waals surface area contributed by atoms with Gasteiger partial charge in [-0.05, 0) is 35.7 Å². The Labute approximate surface area is 156 Å².